The van der Waals surface area contributed by atoms with Crippen molar-refractivity contribution >= 4 is 35.1 Å². The minimum atomic E-state index is -0.275. The van der Waals surface area contributed by atoms with Gasteiger partial charge in [0.15, 0.2) is 0 Å². The summed E-state index contributed by atoms with van der Waals surface area (Å²) in [5.41, 5.74) is 12.6. The number of amides is 2. The van der Waals surface area contributed by atoms with Crippen LogP contribution in [0.3, 0.4) is 0 Å². The second-order valence-electron chi connectivity index (χ2n) is 11.9. The molecule has 2 fully saturated rings. The van der Waals surface area contributed by atoms with Crippen LogP contribution in [0.4, 0.5) is 22.7 Å². The lowest BCUT2D eigenvalue weighted by Crippen LogP contribution is -2.41. The Morgan fingerprint density at radius 2 is 1.49 bits per heavy atom. The van der Waals surface area contributed by atoms with E-state index in [1.165, 1.54) is 42.6 Å². The number of anilines is 4. The van der Waals surface area contributed by atoms with Crippen LogP contribution < -0.4 is 30.5 Å². The number of imide groups is 1. The molecular formula is C35H45N5O3. The monoisotopic (exact) mass is 583 g/mol. The number of aryl methyl sites for hydroxylation is 1. The molecule has 2 amide bonds. The molecule has 2 saturated heterocycles. The number of ether oxygens (including phenoxy) is 1. The number of benzene rings is 3. The molecule has 0 aliphatic carbocycles. The molecule has 8 heteroatoms. The molecule has 3 aromatic carbocycles. The van der Waals surface area contributed by atoms with Crippen molar-refractivity contribution in [2.75, 3.05) is 60.3 Å². The van der Waals surface area contributed by atoms with Gasteiger partial charge in [-0.05, 0) is 110 Å². The van der Waals surface area contributed by atoms with Crippen molar-refractivity contribution in [2.45, 2.75) is 45.6 Å². The smallest absolute Gasteiger partial charge is 0.228 e. The fraction of sp³-hybridized carbons (Fsp3) is 0.429. The summed E-state index contributed by atoms with van der Waals surface area (Å²) in [5, 5.41) is 2.26. The number of nitrogens with one attached hydrogen (secondary N) is 1. The number of nitrogens with two attached hydrogens (primary N) is 1. The van der Waals surface area contributed by atoms with Crippen molar-refractivity contribution in [2.24, 2.45) is 11.8 Å². The van der Waals surface area contributed by atoms with E-state index in [1.54, 1.807) is 7.11 Å². The minimum Gasteiger partial charge on any atom is -0.497 e. The SMILES string of the molecule is COc1ccc(CN(CCC(=O)NC=O)c2ccc(N3CCC(C4CCN(c5ccc(N)cc5)CC4)CC3)cc2C)cc1. The Bertz CT molecular complexity index is 1340. The maximum absolute atomic E-state index is 12.1. The number of carbonyl (C=O) groups excluding carboxylic acids is 2. The van der Waals surface area contributed by atoms with Crippen molar-refractivity contribution in [3.05, 3.63) is 77.9 Å². The number of nitrogen functional groups attached to an aromatic ring is 1. The van der Waals surface area contributed by atoms with Gasteiger partial charge in [-0.25, -0.2) is 0 Å². The molecule has 0 saturated carbocycles. The number of piperidine rings is 2. The highest BCUT2D eigenvalue weighted by molar-refractivity contribution is 5.86. The Morgan fingerprint density at radius 3 is 2.05 bits per heavy atom. The summed E-state index contributed by atoms with van der Waals surface area (Å²) in [6.07, 6.45) is 5.69. The maximum atomic E-state index is 12.1. The van der Waals surface area contributed by atoms with E-state index in [0.29, 0.717) is 19.5 Å². The Morgan fingerprint density at radius 1 is 0.907 bits per heavy atom. The summed E-state index contributed by atoms with van der Waals surface area (Å²) in [7, 11) is 1.66. The molecular weight excluding hydrogens is 538 g/mol. The first-order valence-corrected chi connectivity index (χ1v) is 15.5. The molecule has 5 rings (SSSR count). The molecule has 2 aliphatic heterocycles. The van der Waals surface area contributed by atoms with E-state index in [9.17, 15) is 9.59 Å². The molecule has 0 bridgehead atoms. The van der Waals surface area contributed by atoms with Gasteiger partial charge in [0.05, 0.1) is 7.11 Å². The van der Waals surface area contributed by atoms with Crippen LogP contribution in [0.2, 0.25) is 0 Å². The van der Waals surface area contributed by atoms with Gasteiger partial charge in [-0.1, -0.05) is 12.1 Å². The molecule has 3 N–H and O–H groups in total. The van der Waals surface area contributed by atoms with E-state index in [1.807, 2.05) is 36.4 Å². The highest BCUT2D eigenvalue weighted by Gasteiger charge is 2.30. The number of hydrogen-bond donors (Lipinski definition) is 2. The van der Waals surface area contributed by atoms with Gasteiger partial charge in [0.1, 0.15) is 5.75 Å². The lowest BCUT2D eigenvalue weighted by molar-refractivity contribution is -0.125. The number of carbonyl (C=O) groups is 2. The Labute approximate surface area is 255 Å². The van der Waals surface area contributed by atoms with E-state index >= 15 is 0 Å². The van der Waals surface area contributed by atoms with Crippen LogP contribution >= 0.6 is 0 Å². The van der Waals surface area contributed by atoms with Gasteiger partial charge in [0, 0.05) is 68.4 Å². The summed E-state index contributed by atoms with van der Waals surface area (Å²) < 4.78 is 5.31. The van der Waals surface area contributed by atoms with Gasteiger partial charge in [0.25, 0.3) is 0 Å². The minimum absolute atomic E-state index is 0.239. The summed E-state index contributed by atoms with van der Waals surface area (Å²) in [5.74, 6) is 2.14. The largest absolute Gasteiger partial charge is 0.497 e. The molecule has 0 aromatic heterocycles. The third-order valence-electron chi connectivity index (χ3n) is 9.25. The number of hydrogen-bond acceptors (Lipinski definition) is 7. The first kappa shape index (κ1) is 30.3. The lowest BCUT2D eigenvalue weighted by atomic mass is 9.78. The van der Waals surface area contributed by atoms with Gasteiger partial charge in [0.2, 0.25) is 12.3 Å². The molecule has 2 aliphatic rings. The van der Waals surface area contributed by atoms with Crippen molar-refractivity contribution in [3.63, 3.8) is 0 Å². The molecule has 8 nitrogen and oxygen atoms in total. The number of methoxy groups -OCH3 is 1. The van der Waals surface area contributed by atoms with Crippen LogP contribution in [0.1, 0.15) is 43.2 Å². The first-order chi connectivity index (χ1) is 20.9. The standard InChI is InChI=1S/C35H45N5O3/c1-26-23-32(9-12-34(26)40(22-17-35(42)37-25-41)24-27-3-10-33(43-2)11-4-27)39-20-15-29(16-21-39)28-13-18-38(19-14-28)31-7-5-30(36)6-8-31/h3-12,23,25,28-29H,13-22,24,36H2,1-2H3,(H,37,41,42). The van der Waals surface area contributed by atoms with E-state index < -0.39 is 0 Å². The fourth-order valence-corrected chi connectivity index (χ4v) is 6.74. The molecule has 0 spiro atoms. The van der Waals surface area contributed by atoms with Crippen molar-refractivity contribution in [1.82, 2.24) is 5.32 Å². The second kappa shape index (κ2) is 14.3. The molecule has 3 aromatic rings. The zero-order valence-electron chi connectivity index (χ0n) is 25.5. The highest BCUT2D eigenvalue weighted by Crippen LogP contribution is 2.36. The van der Waals surface area contributed by atoms with Crippen LogP contribution in [-0.2, 0) is 16.1 Å². The van der Waals surface area contributed by atoms with Crippen LogP contribution in [0.5, 0.6) is 5.75 Å². The highest BCUT2D eigenvalue weighted by atomic mass is 16.5. The van der Waals surface area contributed by atoms with Gasteiger partial charge in [-0.2, -0.15) is 0 Å². The van der Waals surface area contributed by atoms with Crippen LogP contribution in [-0.4, -0.2) is 52.2 Å². The molecule has 0 unspecified atom stereocenters. The Kier molecular flexibility index (Phi) is 10.1. The summed E-state index contributed by atoms with van der Waals surface area (Å²) in [4.78, 5) is 30.1. The summed E-state index contributed by atoms with van der Waals surface area (Å²) in [6, 6.07) is 23.0. The van der Waals surface area contributed by atoms with Crippen molar-refractivity contribution < 1.29 is 14.3 Å². The zero-order chi connectivity index (χ0) is 30.2. The number of rotatable bonds is 11. The average molecular weight is 584 g/mol. The Hall–Kier alpha value is -4.20. The quantitative estimate of drug-likeness (QED) is 0.231. The predicted molar refractivity (Wildman–Crippen MR) is 175 cm³/mol. The molecule has 43 heavy (non-hydrogen) atoms. The number of nitrogens with zero attached hydrogens (tertiary/aromatic N) is 3. The van der Waals surface area contributed by atoms with Gasteiger partial charge in [-0.3, -0.25) is 14.9 Å². The average Bonchev–Trinajstić information content (AvgIpc) is 3.04. The van der Waals surface area contributed by atoms with Gasteiger partial charge >= 0.3 is 0 Å². The van der Waals surface area contributed by atoms with Crippen LogP contribution in [0.25, 0.3) is 0 Å². The molecule has 2 heterocycles. The molecule has 0 atom stereocenters. The van der Waals surface area contributed by atoms with Crippen LogP contribution in [0, 0.1) is 18.8 Å². The van der Waals surface area contributed by atoms with Gasteiger partial charge < -0.3 is 25.2 Å². The predicted octanol–water partition coefficient (Wildman–Crippen LogP) is 5.39. The van der Waals surface area contributed by atoms with Gasteiger partial charge in [-0.15, -0.1) is 0 Å². The topological polar surface area (TPSA) is 91.1 Å². The fourth-order valence-electron chi connectivity index (χ4n) is 6.74. The normalized spacial score (nSPS) is 16.1. The first-order valence-electron chi connectivity index (χ1n) is 15.5. The van der Waals surface area contributed by atoms with E-state index in [-0.39, 0.29) is 12.3 Å². The Balaban J connectivity index is 1.18. The second-order valence-corrected chi connectivity index (χ2v) is 11.9. The summed E-state index contributed by atoms with van der Waals surface area (Å²) in [6.45, 7) is 7.73. The van der Waals surface area contributed by atoms with Crippen molar-refractivity contribution in [3.8, 4) is 5.75 Å². The lowest BCUT2D eigenvalue weighted by Gasteiger charge is -2.41. The van der Waals surface area contributed by atoms with Crippen LogP contribution in [0.15, 0.2) is 66.7 Å². The molecule has 0 radical (unpaired) electrons. The van der Waals surface area contributed by atoms with Crippen molar-refractivity contribution in [1.29, 1.82) is 0 Å². The maximum Gasteiger partial charge on any atom is 0.228 e. The van der Waals surface area contributed by atoms with E-state index in [4.69, 9.17) is 10.5 Å². The third kappa shape index (κ3) is 7.80. The summed E-state index contributed by atoms with van der Waals surface area (Å²) >= 11 is 0. The third-order valence-corrected chi connectivity index (χ3v) is 9.25. The van der Waals surface area contributed by atoms with E-state index in [0.717, 1.165) is 60.7 Å². The molecule has 228 valence electrons. The van der Waals surface area contributed by atoms with E-state index in [2.05, 4.69) is 57.3 Å². The zero-order valence-corrected chi connectivity index (χ0v) is 25.5.